The largest absolute Gasteiger partial charge is 0.437 e. The van der Waals surface area contributed by atoms with Crippen LogP contribution in [-0.4, -0.2) is 46.1 Å². The molecule has 2 heterocycles. The monoisotopic (exact) mass is 479 g/mol. The number of amides is 2. The molecule has 8 nitrogen and oxygen atoms in total. The van der Waals surface area contributed by atoms with Gasteiger partial charge >= 0.3 is 6.03 Å². The summed E-state index contributed by atoms with van der Waals surface area (Å²) in [5.74, 6) is -4.95. The number of carbonyl (C=O) groups excluding carboxylic acids is 1. The van der Waals surface area contributed by atoms with Crippen LogP contribution < -0.4 is 10.2 Å². The van der Waals surface area contributed by atoms with Crippen molar-refractivity contribution in [2.75, 3.05) is 24.7 Å². The second-order valence-electron chi connectivity index (χ2n) is 7.42. The minimum Gasteiger partial charge on any atom is -0.437 e. The number of aliphatic hydroxyl groups excluding tert-OH is 2. The molecular weight excluding hydrogens is 462 g/mol. The molecule has 178 valence electrons. The third-order valence-corrected chi connectivity index (χ3v) is 5.14. The van der Waals surface area contributed by atoms with Gasteiger partial charge in [-0.15, -0.1) is 0 Å². The molecule has 0 saturated carbocycles. The highest BCUT2D eigenvalue weighted by Crippen LogP contribution is 2.36. The number of aliphatic hydroxyl groups is 3. The van der Waals surface area contributed by atoms with Gasteiger partial charge in [-0.1, -0.05) is 6.07 Å². The molecule has 0 bridgehead atoms. The first-order valence-corrected chi connectivity index (χ1v) is 9.81. The number of rotatable bonds is 6. The van der Waals surface area contributed by atoms with Gasteiger partial charge < -0.3 is 25.1 Å². The maximum Gasteiger partial charge on any atom is 0.326 e. The summed E-state index contributed by atoms with van der Waals surface area (Å²) >= 11 is 0. The van der Waals surface area contributed by atoms with E-state index in [-0.39, 0.29) is 29.1 Å². The Hall–Kier alpha value is -3.74. The zero-order valence-electron chi connectivity index (χ0n) is 17.2. The average molecular weight is 479 g/mol. The third kappa shape index (κ3) is 4.02. The highest BCUT2D eigenvalue weighted by atomic mass is 19.1. The number of hydrogen-bond acceptors (Lipinski definition) is 6. The molecule has 12 heteroatoms. The van der Waals surface area contributed by atoms with Gasteiger partial charge in [0.15, 0.2) is 11.4 Å². The van der Waals surface area contributed by atoms with E-state index in [2.05, 4.69) is 10.3 Å². The van der Waals surface area contributed by atoms with Gasteiger partial charge in [-0.3, -0.25) is 4.90 Å². The molecule has 1 aromatic heterocycles. The number of aromatic nitrogens is 1. The van der Waals surface area contributed by atoms with E-state index < -0.39 is 59.7 Å². The topological polar surface area (TPSA) is 119 Å². The van der Waals surface area contributed by atoms with Crippen LogP contribution in [0.25, 0.3) is 16.9 Å². The molecule has 1 aliphatic rings. The van der Waals surface area contributed by atoms with Crippen molar-refractivity contribution < 1.29 is 42.1 Å². The van der Waals surface area contributed by atoms with Crippen LogP contribution in [0, 0.1) is 23.3 Å². The van der Waals surface area contributed by atoms with Gasteiger partial charge in [-0.2, -0.15) is 0 Å². The summed E-state index contributed by atoms with van der Waals surface area (Å²) in [6, 6.07) is 4.69. The van der Waals surface area contributed by atoms with Crippen molar-refractivity contribution in [2.45, 2.75) is 5.60 Å². The van der Waals surface area contributed by atoms with Gasteiger partial charge in [0.25, 0.3) is 0 Å². The van der Waals surface area contributed by atoms with Crippen LogP contribution in [-0.2, 0) is 5.60 Å². The number of urea groups is 1. The summed E-state index contributed by atoms with van der Waals surface area (Å²) in [4.78, 5) is 17.1. The standard InChI is InChI=1S/C22H17F4N3O5/c23-12-4-5-13(16(26)6-12)19-17(28-20(34-19)22(33,9-30)10-31)11-7-27-21(32)29(8-11)18-14(24)2-1-3-15(18)25/h1-6,8,30-31,33H,7,9-10H2,(H,27,32). The molecule has 3 aromatic rings. The average Bonchev–Trinajstić information content (AvgIpc) is 3.25. The fraction of sp³-hybridized carbons (Fsp3) is 0.182. The smallest absolute Gasteiger partial charge is 0.326 e. The van der Waals surface area contributed by atoms with Crippen molar-refractivity contribution >= 4 is 17.3 Å². The molecular formula is C22H17F4N3O5. The fourth-order valence-electron chi connectivity index (χ4n) is 3.32. The quantitative estimate of drug-likeness (QED) is 0.404. The van der Waals surface area contributed by atoms with Crippen molar-refractivity contribution in [3.05, 3.63) is 77.5 Å². The predicted octanol–water partition coefficient (Wildman–Crippen LogP) is 2.64. The number of benzene rings is 2. The minimum atomic E-state index is -2.36. The number of nitrogens with zero attached hydrogens (tertiary/aromatic N) is 2. The zero-order valence-corrected chi connectivity index (χ0v) is 17.2. The van der Waals surface area contributed by atoms with Crippen molar-refractivity contribution in [1.29, 1.82) is 0 Å². The van der Waals surface area contributed by atoms with E-state index in [0.29, 0.717) is 11.0 Å². The van der Waals surface area contributed by atoms with Crippen LogP contribution in [0.5, 0.6) is 0 Å². The molecule has 34 heavy (non-hydrogen) atoms. The third-order valence-electron chi connectivity index (χ3n) is 5.14. The lowest BCUT2D eigenvalue weighted by molar-refractivity contribution is -0.0772. The Morgan fingerprint density at radius 3 is 2.35 bits per heavy atom. The van der Waals surface area contributed by atoms with E-state index in [1.807, 2.05) is 0 Å². The predicted molar refractivity (Wildman–Crippen MR) is 110 cm³/mol. The lowest BCUT2D eigenvalue weighted by Gasteiger charge is -2.26. The van der Waals surface area contributed by atoms with Crippen LogP contribution >= 0.6 is 0 Å². The Morgan fingerprint density at radius 2 is 1.74 bits per heavy atom. The number of para-hydroxylation sites is 1. The van der Waals surface area contributed by atoms with Crippen molar-refractivity contribution in [3.8, 4) is 11.3 Å². The molecule has 0 radical (unpaired) electrons. The van der Waals surface area contributed by atoms with Crippen molar-refractivity contribution in [2.24, 2.45) is 0 Å². The molecule has 4 rings (SSSR count). The summed E-state index contributed by atoms with van der Waals surface area (Å²) in [7, 11) is 0. The maximum absolute atomic E-state index is 14.6. The Bertz CT molecular complexity index is 1270. The number of carbonyl (C=O) groups is 1. The van der Waals surface area contributed by atoms with E-state index in [4.69, 9.17) is 4.42 Å². The van der Waals surface area contributed by atoms with Gasteiger partial charge in [-0.05, 0) is 24.3 Å². The molecule has 0 unspecified atom stereocenters. The highest BCUT2D eigenvalue weighted by Gasteiger charge is 2.37. The summed E-state index contributed by atoms with van der Waals surface area (Å²) in [5.41, 5.74) is -3.47. The van der Waals surface area contributed by atoms with Crippen molar-refractivity contribution in [3.63, 3.8) is 0 Å². The Labute approximate surface area is 189 Å². The molecule has 0 spiro atoms. The fourth-order valence-corrected chi connectivity index (χ4v) is 3.32. The van der Waals surface area contributed by atoms with Crippen LogP contribution in [0.15, 0.2) is 47.0 Å². The van der Waals surface area contributed by atoms with Gasteiger partial charge in [0.05, 0.1) is 18.8 Å². The summed E-state index contributed by atoms with van der Waals surface area (Å²) in [6.45, 7) is -2.28. The van der Waals surface area contributed by atoms with Gasteiger partial charge in [0, 0.05) is 24.4 Å². The van der Waals surface area contributed by atoms with Crippen molar-refractivity contribution in [1.82, 2.24) is 10.3 Å². The van der Waals surface area contributed by atoms with Crippen LogP contribution in [0.1, 0.15) is 11.6 Å². The number of nitrogens with one attached hydrogen (secondary N) is 1. The zero-order chi connectivity index (χ0) is 24.6. The Morgan fingerprint density at radius 1 is 1.06 bits per heavy atom. The molecule has 1 aliphatic heterocycles. The van der Waals surface area contributed by atoms with E-state index in [1.165, 1.54) is 0 Å². The SMILES string of the molecule is O=C1NCC(c2nc(C(O)(CO)CO)oc2-c2ccc(F)cc2F)=CN1c1c(F)cccc1F. The number of halogens is 4. The van der Waals surface area contributed by atoms with Crippen LogP contribution in [0.2, 0.25) is 0 Å². The first-order chi connectivity index (χ1) is 16.2. The van der Waals surface area contributed by atoms with Crippen LogP contribution in [0.4, 0.5) is 28.0 Å². The lowest BCUT2D eigenvalue weighted by Crippen LogP contribution is -2.42. The van der Waals surface area contributed by atoms with E-state index in [0.717, 1.165) is 36.5 Å². The molecule has 0 saturated heterocycles. The van der Waals surface area contributed by atoms with E-state index >= 15 is 0 Å². The molecule has 4 N–H and O–H groups in total. The molecule has 0 aliphatic carbocycles. The lowest BCUT2D eigenvalue weighted by atomic mass is 10.0. The van der Waals surface area contributed by atoms with Gasteiger partial charge in [0.1, 0.15) is 34.7 Å². The normalized spacial score (nSPS) is 14.3. The maximum atomic E-state index is 14.6. The minimum absolute atomic E-state index is 0.0641. The molecule has 2 amide bonds. The molecule has 0 atom stereocenters. The Balaban J connectivity index is 1.92. The van der Waals surface area contributed by atoms with Gasteiger partial charge in [0.2, 0.25) is 5.89 Å². The molecule has 2 aromatic carbocycles. The van der Waals surface area contributed by atoms with E-state index in [9.17, 15) is 37.7 Å². The molecule has 0 fully saturated rings. The summed E-state index contributed by atoms with van der Waals surface area (Å²) in [5, 5.41) is 31.8. The number of anilines is 1. The summed E-state index contributed by atoms with van der Waals surface area (Å²) in [6.07, 6.45) is 1.05. The highest BCUT2D eigenvalue weighted by molar-refractivity contribution is 5.99. The van der Waals surface area contributed by atoms with E-state index in [1.54, 1.807) is 0 Å². The van der Waals surface area contributed by atoms with Crippen LogP contribution in [0.3, 0.4) is 0 Å². The summed E-state index contributed by atoms with van der Waals surface area (Å²) < 4.78 is 62.2. The second-order valence-corrected chi connectivity index (χ2v) is 7.42. The first-order valence-electron chi connectivity index (χ1n) is 9.81. The first kappa shape index (κ1) is 23.4. The second kappa shape index (κ2) is 8.89. The van der Waals surface area contributed by atoms with Gasteiger partial charge in [-0.25, -0.2) is 27.3 Å². The number of hydrogen-bond donors (Lipinski definition) is 4. The Kier molecular flexibility index (Phi) is 6.13. The number of oxazole rings is 1.